The van der Waals surface area contributed by atoms with Crippen LogP contribution in [0.25, 0.3) is 6.08 Å². The van der Waals surface area contributed by atoms with Crippen LogP contribution in [-0.4, -0.2) is 26.1 Å². The minimum atomic E-state index is -1.000. The molecule has 1 aliphatic heterocycles. The topological polar surface area (TPSA) is 57.2 Å². The first-order valence-electron chi connectivity index (χ1n) is 11.2. The molecule has 1 heterocycles. The van der Waals surface area contributed by atoms with Crippen molar-refractivity contribution in [1.82, 2.24) is 0 Å². The van der Waals surface area contributed by atoms with Gasteiger partial charge in [0.05, 0.1) is 14.2 Å². The van der Waals surface area contributed by atoms with Gasteiger partial charge in [-0.15, -0.1) is 0 Å². The van der Waals surface area contributed by atoms with Crippen LogP contribution < -0.4 is 18.9 Å². The first-order chi connectivity index (χ1) is 16.2. The molecule has 0 amide bonds. The van der Waals surface area contributed by atoms with Gasteiger partial charge in [0.1, 0.15) is 5.60 Å². The van der Waals surface area contributed by atoms with E-state index < -0.39 is 5.60 Å². The van der Waals surface area contributed by atoms with E-state index in [9.17, 15) is 5.11 Å². The average Bonchev–Trinajstić information content (AvgIpc) is 3.34. The first kappa shape index (κ1) is 22.7. The van der Waals surface area contributed by atoms with Crippen LogP contribution >= 0.6 is 0 Å². The summed E-state index contributed by atoms with van der Waals surface area (Å²) in [5.74, 6) is 2.40. The van der Waals surface area contributed by atoms with Crippen LogP contribution in [0.2, 0.25) is 0 Å². The molecule has 0 saturated heterocycles. The number of fused-ring (bicyclic) bond motifs is 1. The van der Waals surface area contributed by atoms with Gasteiger partial charge in [-0.05, 0) is 42.9 Å². The summed E-state index contributed by atoms with van der Waals surface area (Å²) in [5.41, 5.74) is 1.72. The monoisotopic (exact) mass is 446 g/mol. The predicted octanol–water partition coefficient (Wildman–Crippen LogP) is 5.94. The third-order valence-electron chi connectivity index (χ3n) is 5.97. The van der Waals surface area contributed by atoms with E-state index in [0.29, 0.717) is 29.4 Å². The van der Waals surface area contributed by atoms with Gasteiger partial charge >= 0.3 is 0 Å². The fourth-order valence-corrected chi connectivity index (χ4v) is 4.27. The van der Waals surface area contributed by atoms with Crippen molar-refractivity contribution in [3.8, 4) is 23.0 Å². The zero-order chi connectivity index (χ0) is 23.1. The molecule has 0 bridgehead atoms. The number of rotatable bonds is 10. The highest BCUT2D eigenvalue weighted by atomic mass is 16.7. The first-order valence-corrected chi connectivity index (χ1v) is 11.2. The van der Waals surface area contributed by atoms with Crippen molar-refractivity contribution < 1.29 is 24.1 Å². The van der Waals surface area contributed by atoms with E-state index >= 15 is 0 Å². The Hall–Kier alpha value is -3.44. The van der Waals surface area contributed by atoms with Gasteiger partial charge in [0, 0.05) is 5.56 Å². The average molecular weight is 447 g/mol. The van der Waals surface area contributed by atoms with Crippen molar-refractivity contribution >= 4 is 6.08 Å². The number of hydrogen-bond donors (Lipinski definition) is 1. The predicted molar refractivity (Wildman–Crippen MR) is 129 cm³/mol. The van der Waals surface area contributed by atoms with Crippen LogP contribution in [0.1, 0.15) is 42.4 Å². The van der Waals surface area contributed by atoms with Gasteiger partial charge in [0.15, 0.2) is 11.5 Å². The summed E-state index contributed by atoms with van der Waals surface area (Å²) in [6, 6.07) is 21.7. The van der Waals surface area contributed by atoms with Gasteiger partial charge in [-0.3, -0.25) is 0 Å². The number of unbranched alkanes of at least 4 members (excludes halogenated alkanes) is 2. The molecule has 1 aliphatic rings. The lowest BCUT2D eigenvalue weighted by atomic mass is 9.82. The molecule has 0 aliphatic carbocycles. The van der Waals surface area contributed by atoms with E-state index in [0.717, 1.165) is 36.0 Å². The molecule has 0 saturated carbocycles. The Kier molecular flexibility index (Phi) is 7.20. The molecular formula is C28H30O5. The highest BCUT2D eigenvalue weighted by Gasteiger charge is 2.30. The lowest BCUT2D eigenvalue weighted by molar-refractivity contribution is 0.0682. The van der Waals surface area contributed by atoms with Crippen molar-refractivity contribution in [2.75, 3.05) is 21.0 Å². The lowest BCUT2D eigenvalue weighted by Crippen LogP contribution is -2.27. The molecule has 3 aromatic rings. The molecule has 0 unspecified atom stereocenters. The number of allylic oxidation sites excluding steroid dienone is 1. The van der Waals surface area contributed by atoms with E-state index in [-0.39, 0.29) is 6.79 Å². The highest BCUT2D eigenvalue weighted by Crippen LogP contribution is 2.49. The largest absolute Gasteiger partial charge is 0.492 e. The van der Waals surface area contributed by atoms with E-state index in [2.05, 4.69) is 6.08 Å². The Morgan fingerprint density at radius 1 is 0.879 bits per heavy atom. The normalized spacial score (nSPS) is 12.8. The summed E-state index contributed by atoms with van der Waals surface area (Å²) >= 11 is 0. The van der Waals surface area contributed by atoms with E-state index in [1.807, 2.05) is 72.8 Å². The van der Waals surface area contributed by atoms with Crippen LogP contribution in [0, 0.1) is 0 Å². The Morgan fingerprint density at radius 2 is 1.52 bits per heavy atom. The zero-order valence-corrected chi connectivity index (χ0v) is 19.1. The number of hydrogen-bond acceptors (Lipinski definition) is 5. The van der Waals surface area contributed by atoms with E-state index in [1.54, 1.807) is 14.2 Å². The second-order valence-corrected chi connectivity index (χ2v) is 8.01. The second kappa shape index (κ2) is 10.5. The van der Waals surface area contributed by atoms with Crippen LogP contribution in [0.15, 0.2) is 72.8 Å². The van der Waals surface area contributed by atoms with Gasteiger partial charge in [-0.2, -0.15) is 0 Å². The summed E-state index contributed by atoms with van der Waals surface area (Å²) in [6.07, 6.45) is 7.48. The van der Waals surface area contributed by atoms with Gasteiger partial charge in [0.25, 0.3) is 0 Å². The fraction of sp³-hybridized carbons (Fsp3) is 0.286. The quantitative estimate of drug-likeness (QED) is 0.391. The molecule has 3 aromatic carbocycles. The SMILES string of the molecule is COc1c(/C=C/CCCCC(O)(c2ccccc2)c2ccccc2)cc2c(c1OC)OCO2. The third kappa shape index (κ3) is 4.83. The second-order valence-electron chi connectivity index (χ2n) is 8.01. The van der Waals surface area contributed by atoms with Crippen molar-refractivity contribution in [3.05, 3.63) is 89.5 Å². The summed E-state index contributed by atoms with van der Waals surface area (Å²) in [7, 11) is 3.21. The Morgan fingerprint density at radius 3 is 2.12 bits per heavy atom. The zero-order valence-electron chi connectivity index (χ0n) is 19.1. The molecule has 0 radical (unpaired) electrons. The van der Waals surface area contributed by atoms with E-state index in [4.69, 9.17) is 18.9 Å². The maximum Gasteiger partial charge on any atom is 0.231 e. The van der Waals surface area contributed by atoms with Crippen LogP contribution in [0.5, 0.6) is 23.0 Å². The summed E-state index contributed by atoms with van der Waals surface area (Å²) in [5, 5.41) is 11.6. The van der Waals surface area contributed by atoms with Gasteiger partial charge in [0.2, 0.25) is 18.3 Å². The summed E-state index contributed by atoms with van der Waals surface area (Å²) in [6.45, 7) is 0.174. The van der Waals surface area contributed by atoms with Gasteiger partial charge < -0.3 is 24.1 Å². The lowest BCUT2D eigenvalue weighted by Gasteiger charge is -2.29. The summed E-state index contributed by atoms with van der Waals surface area (Å²) < 4.78 is 22.1. The fourth-order valence-electron chi connectivity index (χ4n) is 4.27. The molecule has 172 valence electrons. The number of aliphatic hydroxyl groups is 1. The maximum atomic E-state index is 11.6. The molecule has 0 atom stereocenters. The van der Waals surface area contributed by atoms with Crippen molar-refractivity contribution in [1.29, 1.82) is 0 Å². The Labute approximate surface area is 195 Å². The Bertz CT molecular complexity index is 1040. The summed E-state index contributed by atoms with van der Waals surface area (Å²) in [4.78, 5) is 0. The molecule has 5 heteroatoms. The van der Waals surface area contributed by atoms with Crippen molar-refractivity contribution in [2.45, 2.75) is 31.3 Å². The maximum absolute atomic E-state index is 11.6. The minimum absolute atomic E-state index is 0.174. The molecule has 33 heavy (non-hydrogen) atoms. The molecule has 0 aromatic heterocycles. The molecular weight excluding hydrogens is 416 g/mol. The van der Waals surface area contributed by atoms with Gasteiger partial charge in [-0.25, -0.2) is 0 Å². The highest BCUT2D eigenvalue weighted by molar-refractivity contribution is 5.71. The van der Waals surface area contributed by atoms with Crippen LogP contribution in [0.3, 0.4) is 0 Å². The molecule has 5 nitrogen and oxygen atoms in total. The minimum Gasteiger partial charge on any atom is -0.492 e. The Balaban J connectivity index is 1.42. The molecule has 1 N–H and O–H groups in total. The van der Waals surface area contributed by atoms with E-state index in [1.165, 1.54) is 0 Å². The number of benzene rings is 3. The number of methoxy groups -OCH3 is 2. The van der Waals surface area contributed by atoms with Crippen molar-refractivity contribution in [2.24, 2.45) is 0 Å². The van der Waals surface area contributed by atoms with Crippen LogP contribution in [-0.2, 0) is 5.60 Å². The molecule has 0 fully saturated rings. The standard InChI is InChI=1S/C28H30O5/c1-30-25-21(19-24-26(27(25)31-2)33-20-32-24)13-7-3-4-12-18-28(29,22-14-8-5-9-15-22)23-16-10-6-11-17-23/h5-11,13-17,19,29H,3-4,12,18,20H2,1-2H3/b13-7+. The van der Waals surface area contributed by atoms with Gasteiger partial charge in [-0.1, -0.05) is 72.8 Å². The molecule has 4 rings (SSSR count). The third-order valence-corrected chi connectivity index (χ3v) is 5.97. The van der Waals surface area contributed by atoms with Crippen molar-refractivity contribution in [3.63, 3.8) is 0 Å². The molecule has 0 spiro atoms. The van der Waals surface area contributed by atoms with Crippen LogP contribution in [0.4, 0.5) is 0 Å². The smallest absolute Gasteiger partial charge is 0.231 e. The number of ether oxygens (including phenoxy) is 4.